The monoisotopic (exact) mass is 536 g/mol. The summed E-state index contributed by atoms with van der Waals surface area (Å²) in [5.74, 6) is 0.939. The fourth-order valence-electron chi connectivity index (χ4n) is 4.60. The average Bonchev–Trinajstić information content (AvgIpc) is 3.59. The summed E-state index contributed by atoms with van der Waals surface area (Å²) in [5, 5.41) is 8.55. The fourth-order valence-corrected chi connectivity index (χ4v) is 5.34. The number of anilines is 1. The molecular weight excluding hydrogens is 512 g/mol. The van der Waals surface area contributed by atoms with Crippen molar-refractivity contribution in [3.63, 3.8) is 0 Å². The van der Waals surface area contributed by atoms with Crippen molar-refractivity contribution < 1.29 is 4.79 Å². The van der Waals surface area contributed by atoms with Gasteiger partial charge in [-0.1, -0.05) is 36.4 Å². The number of nitrogens with one attached hydrogen (secondary N) is 1. The van der Waals surface area contributed by atoms with Gasteiger partial charge in [0.05, 0.1) is 27.7 Å². The van der Waals surface area contributed by atoms with Crippen molar-refractivity contribution in [2.24, 2.45) is 4.99 Å². The van der Waals surface area contributed by atoms with Gasteiger partial charge in [-0.05, 0) is 42.8 Å². The second kappa shape index (κ2) is 10.2. The van der Waals surface area contributed by atoms with Crippen LogP contribution in [0.5, 0.6) is 0 Å². The standard InChI is InChI=1S/C28H24N8O2S/c1-17(32-27(37)23-24(29)34-35-15-6-13-31-26(23)35)25-33-20-10-5-7-18(11-12-21-30-14-16-39-21)22(20)28(38)36(25)19-8-3-2-4-9-19/h2-13,15,17H,14,16H2,1H3,(H2,29,34)(H,32,37). The van der Waals surface area contributed by atoms with Crippen LogP contribution in [0.25, 0.3) is 28.3 Å². The number of aromatic nitrogens is 5. The number of hydrogen-bond donors (Lipinski definition) is 2. The molecule has 3 N–H and O–H groups in total. The highest BCUT2D eigenvalue weighted by molar-refractivity contribution is 8.14. The van der Waals surface area contributed by atoms with Crippen molar-refractivity contribution in [2.75, 3.05) is 18.0 Å². The minimum atomic E-state index is -0.656. The Hall–Kier alpha value is -4.77. The van der Waals surface area contributed by atoms with Crippen LogP contribution in [0.2, 0.25) is 0 Å². The van der Waals surface area contributed by atoms with Crippen molar-refractivity contribution in [2.45, 2.75) is 13.0 Å². The molecule has 0 saturated heterocycles. The number of aliphatic imine (C=N–C) groups is 1. The van der Waals surface area contributed by atoms with Crippen molar-refractivity contribution in [1.82, 2.24) is 29.5 Å². The molecule has 0 aliphatic carbocycles. The van der Waals surface area contributed by atoms with E-state index in [0.29, 0.717) is 28.1 Å². The molecule has 5 aromatic rings. The number of nitrogens with two attached hydrogens (primary N) is 1. The molecule has 1 unspecified atom stereocenters. The van der Waals surface area contributed by atoms with Crippen LogP contribution < -0.4 is 16.6 Å². The first kappa shape index (κ1) is 24.6. The quantitative estimate of drug-likeness (QED) is 0.338. The Morgan fingerprint density at radius 2 is 1.97 bits per heavy atom. The van der Waals surface area contributed by atoms with E-state index in [9.17, 15) is 9.59 Å². The van der Waals surface area contributed by atoms with E-state index in [0.717, 1.165) is 22.9 Å². The van der Waals surface area contributed by atoms with Crippen LogP contribution in [0.3, 0.4) is 0 Å². The number of fused-ring (bicyclic) bond motifs is 2. The summed E-state index contributed by atoms with van der Waals surface area (Å²) in [6.45, 7) is 2.58. The van der Waals surface area contributed by atoms with E-state index in [2.05, 4.69) is 20.4 Å². The zero-order chi connectivity index (χ0) is 26.9. The minimum absolute atomic E-state index is 0.0618. The van der Waals surface area contributed by atoms with Gasteiger partial charge in [-0.2, -0.15) is 0 Å². The van der Waals surface area contributed by atoms with Gasteiger partial charge in [-0.3, -0.25) is 19.1 Å². The molecule has 0 fully saturated rings. The van der Waals surface area contributed by atoms with E-state index in [4.69, 9.17) is 10.7 Å². The highest BCUT2D eigenvalue weighted by Crippen LogP contribution is 2.23. The smallest absolute Gasteiger partial charge is 0.266 e. The second-order valence-electron chi connectivity index (χ2n) is 8.93. The van der Waals surface area contributed by atoms with Crippen LogP contribution in [0.4, 0.5) is 5.82 Å². The number of carbonyl (C=O) groups excluding carboxylic acids is 1. The molecule has 1 aliphatic rings. The first-order valence-electron chi connectivity index (χ1n) is 12.4. The van der Waals surface area contributed by atoms with Crippen LogP contribution in [0.15, 0.2) is 82.9 Å². The number of para-hydroxylation sites is 1. The Balaban J connectivity index is 1.46. The van der Waals surface area contributed by atoms with Gasteiger partial charge in [0.25, 0.3) is 11.5 Å². The fraction of sp³-hybridized carbons (Fsp3) is 0.143. The van der Waals surface area contributed by atoms with Crippen LogP contribution >= 0.6 is 11.8 Å². The zero-order valence-electron chi connectivity index (χ0n) is 21.0. The number of thioether (sulfide) groups is 1. The number of benzene rings is 2. The van der Waals surface area contributed by atoms with Gasteiger partial charge < -0.3 is 11.1 Å². The van der Waals surface area contributed by atoms with E-state index in [-0.39, 0.29) is 16.9 Å². The maximum absolute atomic E-state index is 14.1. The van der Waals surface area contributed by atoms with E-state index in [1.807, 2.05) is 54.6 Å². The molecule has 11 heteroatoms. The molecule has 39 heavy (non-hydrogen) atoms. The van der Waals surface area contributed by atoms with Crippen LogP contribution in [-0.2, 0) is 0 Å². The molecule has 0 radical (unpaired) electrons. The third-order valence-corrected chi connectivity index (χ3v) is 7.32. The van der Waals surface area contributed by atoms with Gasteiger partial charge in [-0.25, -0.2) is 14.5 Å². The number of hydrogen-bond acceptors (Lipinski definition) is 8. The molecule has 3 aromatic heterocycles. The Kier molecular flexibility index (Phi) is 6.41. The van der Waals surface area contributed by atoms with Gasteiger partial charge in [0.1, 0.15) is 11.4 Å². The normalized spacial score (nSPS) is 14.2. The minimum Gasteiger partial charge on any atom is -0.381 e. The van der Waals surface area contributed by atoms with Gasteiger partial charge in [0, 0.05) is 24.7 Å². The lowest BCUT2D eigenvalue weighted by atomic mass is 10.1. The maximum Gasteiger partial charge on any atom is 0.266 e. The van der Waals surface area contributed by atoms with Gasteiger partial charge in [0.2, 0.25) is 0 Å². The first-order chi connectivity index (χ1) is 19.0. The summed E-state index contributed by atoms with van der Waals surface area (Å²) < 4.78 is 3.00. The molecule has 0 bridgehead atoms. The number of nitrogens with zero attached hydrogens (tertiary/aromatic N) is 6. The average molecular weight is 537 g/mol. The lowest BCUT2D eigenvalue weighted by molar-refractivity contribution is 0.0940. The third kappa shape index (κ3) is 4.57. The first-order valence-corrected chi connectivity index (χ1v) is 13.4. The SMILES string of the molecule is CC(NC(=O)c1c(N)nn2cccnc12)c1nc2cccc(C=CC3=NCCS3)c2c(=O)n1-c1ccccc1. The lowest BCUT2D eigenvalue weighted by Crippen LogP contribution is -2.33. The highest BCUT2D eigenvalue weighted by atomic mass is 32.2. The predicted octanol–water partition coefficient (Wildman–Crippen LogP) is 3.66. The highest BCUT2D eigenvalue weighted by Gasteiger charge is 2.24. The zero-order valence-corrected chi connectivity index (χ0v) is 21.8. The largest absolute Gasteiger partial charge is 0.381 e. The molecule has 1 amide bonds. The summed E-state index contributed by atoms with van der Waals surface area (Å²) in [6, 6.07) is 15.9. The maximum atomic E-state index is 14.1. The molecule has 10 nitrogen and oxygen atoms in total. The Bertz CT molecular complexity index is 1840. The Morgan fingerprint density at radius 1 is 1.13 bits per heavy atom. The van der Waals surface area contributed by atoms with Crippen molar-refractivity contribution in [3.8, 4) is 5.69 Å². The molecule has 6 rings (SSSR count). The summed E-state index contributed by atoms with van der Waals surface area (Å²) in [7, 11) is 0. The molecular formula is C28H24N8O2S. The van der Waals surface area contributed by atoms with Gasteiger partial charge >= 0.3 is 0 Å². The van der Waals surface area contributed by atoms with E-state index in [1.54, 1.807) is 47.8 Å². The van der Waals surface area contributed by atoms with Crippen molar-refractivity contribution in [1.29, 1.82) is 0 Å². The number of rotatable bonds is 6. The summed E-state index contributed by atoms with van der Waals surface area (Å²) >= 11 is 1.69. The molecule has 194 valence electrons. The second-order valence-corrected chi connectivity index (χ2v) is 10.0. The number of amides is 1. The number of carbonyl (C=O) groups is 1. The molecule has 0 saturated carbocycles. The Morgan fingerprint density at radius 3 is 2.77 bits per heavy atom. The van der Waals surface area contributed by atoms with E-state index >= 15 is 0 Å². The van der Waals surface area contributed by atoms with Gasteiger partial charge in [0.15, 0.2) is 11.5 Å². The van der Waals surface area contributed by atoms with Crippen LogP contribution in [0, 0.1) is 0 Å². The van der Waals surface area contributed by atoms with E-state index in [1.165, 1.54) is 4.52 Å². The summed E-state index contributed by atoms with van der Waals surface area (Å²) in [6.07, 6.45) is 7.08. The van der Waals surface area contributed by atoms with E-state index < -0.39 is 11.9 Å². The molecule has 4 heterocycles. The summed E-state index contributed by atoms with van der Waals surface area (Å²) in [4.78, 5) is 41.1. The Labute approximate surface area is 227 Å². The molecule has 1 aliphatic heterocycles. The third-order valence-electron chi connectivity index (χ3n) is 6.37. The predicted molar refractivity (Wildman–Crippen MR) is 154 cm³/mol. The molecule has 2 aromatic carbocycles. The van der Waals surface area contributed by atoms with Crippen molar-refractivity contribution >= 4 is 51.2 Å². The topological polar surface area (TPSA) is 133 Å². The summed E-state index contributed by atoms with van der Waals surface area (Å²) in [5.41, 5.74) is 8.25. The molecule has 1 atom stereocenters. The van der Waals surface area contributed by atoms with Crippen molar-refractivity contribution in [3.05, 3.63) is 100 Å². The van der Waals surface area contributed by atoms with Gasteiger partial charge in [-0.15, -0.1) is 16.9 Å². The number of nitrogen functional groups attached to an aromatic ring is 1. The lowest BCUT2D eigenvalue weighted by Gasteiger charge is -2.20. The molecule has 0 spiro atoms. The van der Waals surface area contributed by atoms with Crippen LogP contribution in [0.1, 0.15) is 34.7 Å². The van der Waals surface area contributed by atoms with Crippen LogP contribution in [-0.4, -0.2) is 47.4 Å².